The maximum atomic E-state index is 10.1. The van der Waals surface area contributed by atoms with Gasteiger partial charge in [0.05, 0.1) is 12.3 Å². The zero-order chi connectivity index (χ0) is 6.53. The van der Waals surface area contributed by atoms with Gasteiger partial charge in [-0.2, -0.15) is 0 Å². The van der Waals surface area contributed by atoms with Crippen LogP contribution < -0.4 is 0 Å². The van der Waals surface area contributed by atoms with Crippen molar-refractivity contribution in [3.8, 4) is 0 Å². The zero-order valence-electron chi connectivity index (χ0n) is 4.95. The van der Waals surface area contributed by atoms with Crippen molar-refractivity contribution < 1.29 is 4.79 Å². The third-order valence-electron chi connectivity index (χ3n) is 1.01. The van der Waals surface area contributed by atoms with Crippen LogP contribution in [0, 0.1) is 0 Å². The van der Waals surface area contributed by atoms with Gasteiger partial charge in [-0.1, -0.05) is 18.2 Å². The van der Waals surface area contributed by atoms with E-state index in [4.69, 9.17) is 0 Å². The first-order chi connectivity index (χ1) is 4.43. The quantitative estimate of drug-likeness (QED) is 0.471. The smallest absolute Gasteiger partial charge is 0.167 e. The summed E-state index contributed by atoms with van der Waals surface area (Å²) in [4.78, 5) is 14.0. The number of aliphatic imine (C=N–C) groups is 1. The normalized spacial score (nSPS) is 16.7. The first kappa shape index (κ1) is 5.95. The van der Waals surface area contributed by atoms with Gasteiger partial charge in [-0.25, -0.2) is 0 Å². The summed E-state index contributed by atoms with van der Waals surface area (Å²) in [5, 5.41) is 0. The van der Waals surface area contributed by atoms with Gasteiger partial charge in [-0.3, -0.25) is 9.79 Å². The lowest BCUT2D eigenvalue weighted by atomic mass is 10.3. The van der Waals surface area contributed by atoms with E-state index in [9.17, 15) is 4.79 Å². The van der Waals surface area contributed by atoms with Crippen molar-refractivity contribution in [1.82, 2.24) is 0 Å². The first-order valence-corrected chi connectivity index (χ1v) is 2.76. The highest BCUT2D eigenvalue weighted by Crippen LogP contribution is 1.88. The molecule has 2 heteroatoms. The molecular weight excluding hydrogens is 114 g/mol. The molecule has 0 saturated heterocycles. The molecule has 1 aliphatic rings. The highest BCUT2D eigenvalue weighted by Gasteiger charge is 1.88. The predicted octanol–water partition coefficient (Wildman–Crippen LogP) is 0.752. The molecule has 0 fully saturated rings. The molecule has 0 aromatic rings. The summed E-state index contributed by atoms with van der Waals surface area (Å²) in [6.07, 6.45) is 8.02. The molecule has 46 valence electrons. The van der Waals surface area contributed by atoms with Crippen LogP contribution in [0.15, 0.2) is 29.3 Å². The average Bonchev–Trinajstić information content (AvgIpc) is 2.13. The topological polar surface area (TPSA) is 29.4 Å². The summed E-state index contributed by atoms with van der Waals surface area (Å²) < 4.78 is 0. The molecule has 1 aliphatic heterocycles. The van der Waals surface area contributed by atoms with E-state index in [1.165, 1.54) is 0 Å². The fourth-order valence-corrected chi connectivity index (χ4v) is 0.581. The van der Waals surface area contributed by atoms with E-state index in [-0.39, 0.29) is 0 Å². The van der Waals surface area contributed by atoms with Crippen molar-refractivity contribution in [2.24, 2.45) is 4.99 Å². The van der Waals surface area contributed by atoms with Crippen molar-refractivity contribution in [3.63, 3.8) is 0 Å². The maximum absolute atomic E-state index is 10.1. The second-order valence-corrected chi connectivity index (χ2v) is 1.67. The van der Waals surface area contributed by atoms with E-state index in [2.05, 4.69) is 4.99 Å². The lowest BCUT2D eigenvalue weighted by Crippen LogP contribution is -1.93. The number of allylic oxidation sites excluding steroid dienone is 3. The third kappa shape index (κ3) is 1.64. The molecule has 0 aromatic carbocycles. The standard InChI is InChI=1S/C7H7NO/c9-6-7-4-2-1-3-5-8-7/h1-4,6H,5H2. The number of nitrogens with zero attached hydrogens (tertiary/aromatic N) is 1. The number of rotatable bonds is 1. The van der Waals surface area contributed by atoms with E-state index in [1.807, 2.05) is 12.2 Å². The SMILES string of the molecule is O=CC1=NCC=CC=C1. The van der Waals surface area contributed by atoms with Gasteiger partial charge in [-0.15, -0.1) is 0 Å². The Bertz CT molecular complexity index is 189. The van der Waals surface area contributed by atoms with Gasteiger partial charge >= 0.3 is 0 Å². The Morgan fingerprint density at radius 3 is 3.22 bits per heavy atom. The highest BCUT2D eigenvalue weighted by molar-refractivity contribution is 6.33. The largest absolute Gasteiger partial charge is 0.296 e. The summed E-state index contributed by atoms with van der Waals surface area (Å²) in [7, 11) is 0. The molecule has 0 bridgehead atoms. The van der Waals surface area contributed by atoms with Crippen LogP contribution in [-0.4, -0.2) is 18.5 Å². The molecule has 0 spiro atoms. The van der Waals surface area contributed by atoms with E-state index in [0.717, 1.165) is 6.29 Å². The fraction of sp³-hybridized carbons (Fsp3) is 0.143. The molecular formula is C7H7NO. The molecule has 0 amide bonds. The maximum Gasteiger partial charge on any atom is 0.167 e. The predicted molar refractivity (Wildman–Crippen MR) is 36.6 cm³/mol. The summed E-state index contributed by atoms with van der Waals surface area (Å²) in [5.74, 6) is 0. The van der Waals surface area contributed by atoms with Crippen LogP contribution in [0.2, 0.25) is 0 Å². The minimum Gasteiger partial charge on any atom is -0.296 e. The van der Waals surface area contributed by atoms with Crippen molar-refractivity contribution >= 4 is 12.0 Å². The molecule has 0 atom stereocenters. The van der Waals surface area contributed by atoms with E-state index in [1.54, 1.807) is 12.2 Å². The molecule has 0 saturated carbocycles. The van der Waals surface area contributed by atoms with Crippen LogP contribution in [-0.2, 0) is 4.79 Å². The summed E-state index contributed by atoms with van der Waals surface area (Å²) in [6, 6.07) is 0. The monoisotopic (exact) mass is 121 g/mol. The van der Waals surface area contributed by atoms with Crippen LogP contribution in [0.5, 0.6) is 0 Å². The van der Waals surface area contributed by atoms with Gasteiger partial charge in [0.15, 0.2) is 6.29 Å². The number of aldehydes is 1. The van der Waals surface area contributed by atoms with Gasteiger partial charge in [0.1, 0.15) is 0 Å². The van der Waals surface area contributed by atoms with Crippen LogP contribution >= 0.6 is 0 Å². The fourth-order valence-electron chi connectivity index (χ4n) is 0.581. The van der Waals surface area contributed by atoms with Gasteiger partial charge in [0, 0.05) is 0 Å². The van der Waals surface area contributed by atoms with Crippen molar-refractivity contribution in [1.29, 1.82) is 0 Å². The number of hydrogen-bond acceptors (Lipinski definition) is 2. The Morgan fingerprint density at radius 1 is 1.56 bits per heavy atom. The molecule has 9 heavy (non-hydrogen) atoms. The molecule has 0 aliphatic carbocycles. The lowest BCUT2D eigenvalue weighted by molar-refractivity contribution is -0.102. The van der Waals surface area contributed by atoms with Crippen molar-refractivity contribution in [3.05, 3.63) is 24.3 Å². The molecule has 2 nitrogen and oxygen atoms in total. The second kappa shape index (κ2) is 2.97. The average molecular weight is 121 g/mol. The van der Waals surface area contributed by atoms with E-state index in [0.29, 0.717) is 12.3 Å². The third-order valence-corrected chi connectivity index (χ3v) is 1.01. The molecule has 1 rings (SSSR count). The molecule has 0 unspecified atom stereocenters. The Hall–Kier alpha value is -1.18. The lowest BCUT2D eigenvalue weighted by Gasteiger charge is -1.82. The van der Waals surface area contributed by atoms with Crippen molar-refractivity contribution in [2.45, 2.75) is 0 Å². The minimum atomic E-state index is 0.514. The summed E-state index contributed by atoms with van der Waals surface area (Å²) in [6.45, 7) is 0.612. The Labute approximate surface area is 53.6 Å². The van der Waals surface area contributed by atoms with Crippen LogP contribution in [0.25, 0.3) is 0 Å². The number of carbonyl (C=O) groups excluding carboxylic acids is 1. The highest BCUT2D eigenvalue weighted by atomic mass is 16.1. The first-order valence-electron chi connectivity index (χ1n) is 2.76. The van der Waals surface area contributed by atoms with Gasteiger partial charge in [0.25, 0.3) is 0 Å². The Kier molecular flexibility index (Phi) is 1.96. The van der Waals surface area contributed by atoms with Crippen molar-refractivity contribution in [2.75, 3.05) is 6.54 Å². The minimum absolute atomic E-state index is 0.514. The summed E-state index contributed by atoms with van der Waals surface area (Å²) in [5.41, 5.74) is 0.514. The van der Waals surface area contributed by atoms with Gasteiger partial charge in [0.2, 0.25) is 0 Å². The van der Waals surface area contributed by atoms with Gasteiger partial charge < -0.3 is 0 Å². The van der Waals surface area contributed by atoms with Gasteiger partial charge in [-0.05, 0) is 6.08 Å². The molecule has 0 radical (unpaired) electrons. The van der Waals surface area contributed by atoms with Crippen LogP contribution in [0.4, 0.5) is 0 Å². The second-order valence-electron chi connectivity index (χ2n) is 1.67. The molecule has 1 heterocycles. The molecule has 0 aromatic heterocycles. The van der Waals surface area contributed by atoms with E-state index < -0.39 is 0 Å². The Morgan fingerprint density at radius 2 is 2.44 bits per heavy atom. The van der Waals surface area contributed by atoms with E-state index >= 15 is 0 Å². The Balaban J connectivity index is 2.74. The van der Waals surface area contributed by atoms with Crippen LogP contribution in [0.3, 0.4) is 0 Å². The number of carbonyl (C=O) groups is 1. The zero-order valence-corrected chi connectivity index (χ0v) is 4.95. The molecule has 0 N–H and O–H groups in total. The van der Waals surface area contributed by atoms with Crippen LogP contribution in [0.1, 0.15) is 0 Å². The number of hydrogen-bond donors (Lipinski definition) is 0. The summed E-state index contributed by atoms with van der Waals surface area (Å²) >= 11 is 0.